The van der Waals surface area contributed by atoms with Crippen molar-refractivity contribution in [2.24, 2.45) is 58.4 Å². The molecule has 784 valence electrons. The van der Waals surface area contributed by atoms with E-state index in [1.807, 2.05) is 32.6 Å². The average molecular weight is 2110 g/mol. The van der Waals surface area contributed by atoms with Gasteiger partial charge in [-0.15, -0.1) is 45.3 Å². The van der Waals surface area contributed by atoms with Crippen LogP contribution in [0.3, 0.4) is 0 Å². The maximum atomic E-state index is 14.2. The molecule has 146 heavy (non-hydrogen) atoms. The molecule has 48 heteroatoms. The van der Waals surface area contributed by atoms with E-state index in [4.69, 9.17) is 89.1 Å². The summed E-state index contributed by atoms with van der Waals surface area (Å²) < 4.78 is 77.3. The lowest BCUT2D eigenvalue weighted by molar-refractivity contribution is -0.150. The third-order valence-electron chi connectivity index (χ3n) is 23.3. The Hall–Kier alpha value is -14.6. The van der Waals surface area contributed by atoms with Crippen LogP contribution in [0.1, 0.15) is 217 Å². The van der Waals surface area contributed by atoms with Gasteiger partial charge in [0.05, 0.1) is 66.1 Å². The van der Waals surface area contributed by atoms with Gasteiger partial charge in [0.15, 0.2) is 69.4 Å². The second-order valence-corrected chi connectivity index (χ2v) is 40.1. The monoisotopic (exact) mass is 2110 g/mol. The average Bonchev–Trinajstić information content (AvgIpc) is 1.62. The zero-order chi connectivity index (χ0) is 109. The standard InChI is InChI=1S/C26H32FN3O7S.C25H28FN3O7S.C25H30FN3O7S.C22H22FN3O7S/c1-14(2)10-19(20(31)12-16(25(34)35)5-9-23(32)33)30(3)13-17-6-8-22(38-17)26(36)37-21-7-4-15(24(28)29)11-18(21)27;1-29(25(8-2-3-9-25)20(30)11-15(23(33)34)12-21(31)32)13-16-5-7-19(37-16)24(35)36-18-6-4-14(22(27)28)10-17(18)26;1-13(2)8-18(19(30)10-15(24(33)34)11-22(31)32)29(3)12-16-5-7-21(37-16)25(35)36-20-6-4-14(23(27)28)9-17(20)26;23-14-7-11(19(24)25)1-3-15(14)33-21(32)16-4-2-13(34-16)10-26-22(5-6-22)17(27)8-12(20(30)31)9-18(28)29/h4,6-8,11,14,16,19H,5,9-10,12-13H2,1-3H3,(H3,28,29)(H,32,33)(H,34,35);4-7,10,15H,2-3,8-9,11-13H2,1H3,(H3,27,28)(H,31,32)(H,33,34);4-7,9,13,15,18H,8,10-12H2,1-3H3,(H3,27,28)(H,31,32)(H,33,34);1-4,7,12,26H,5-6,8-10H2,(H3,24,25)(H,28,29)(H,30,31)/t16-,19-;15-;15-,18-;12-/m0000/s1. The minimum atomic E-state index is -1.34. The van der Waals surface area contributed by atoms with Crippen molar-refractivity contribution in [2.75, 3.05) is 21.1 Å². The van der Waals surface area contributed by atoms with Crippen LogP contribution in [0, 0.1) is 80.4 Å². The van der Waals surface area contributed by atoms with Gasteiger partial charge in [0.1, 0.15) is 42.9 Å². The Morgan fingerprint density at radius 2 is 0.664 bits per heavy atom. The van der Waals surface area contributed by atoms with Crippen LogP contribution < -0.4 is 47.2 Å². The van der Waals surface area contributed by atoms with E-state index in [0.29, 0.717) is 54.8 Å². The van der Waals surface area contributed by atoms with Crippen LogP contribution in [0.2, 0.25) is 0 Å². The number of ether oxygens (including phenoxy) is 4. The lowest BCUT2D eigenvalue weighted by Gasteiger charge is -2.38. The number of rotatable bonds is 53. The van der Waals surface area contributed by atoms with Gasteiger partial charge in [-0.25, -0.2) is 36.7 Å². The van der Waals surface area contributed by atoms with Crippen LogP contribution in [0.4, 0.5) is 17.6 Å². The predicted molar refractivity (Wildman–Crippen MR) is 524 cm³/mol. The smallest absolute Gasteiger partial charge is 0.353 e. The third-order valence-corrected chi connectivity index (χ3v) is 27.5. The molecular weight excluding hydrogens is 2000 g/mol. The molecule has 2 saturated carbocycles. The number of nitrogens with one attached hydrogen (secondary N) is 5. The summed E-state index contributed by atoms with van der Waals surface area (Å²) in [4.78, 5) is 201. The van der Waals surface area contributed by atoms with Gasteiger partial charge in [-0.1, -0.05) is 40.5 Å². The van der Waals surface area contributed by atoms with Gasteiger partial charge in [-0.05, 0) is 199 Å². The molecule has 8 aromatic rings. The molecule has 4 heterocycles. The number of thiophene rings is 4. The number of amidine groups is 4. The number of hydrogen-bond donors (Lipinski definition) is 17. The summed E-state index contributed by atoms with van der Waals surface area (Å²) in [5, 5.41) is 105. The quantitative estimate of drug-likeness (QED) is 0.00553. The fourth-order valence-electron chi connectivity index (χ4n) is 15.4. The summed E-state index contributed by atoms with van der Waals surface area (Å²) in [5.41, 5.74) is 20.1. The normalized spacial score (nSPS) is 13.9. The first-order valence-electron chi connectivity index (χ1n) is 45.1. The molecule has 2 fully saturated rings. The Labute approximate surface area is 849 Å². The highest BCUT2D eigenvalue weighted by atomic mass is 32.1. The topological polar surface area (TPSA) is 693 Å². The zero-order valence-corrected chi connectivity index (χ0v) is 83.3. The minimum Gasteiger partial charge on any atom is -0.481 e. The van der Waals surface area contributed by atoms with Crippen molar-refractivity contribution in [3.05, 3.63) is 206 Å². The van der Waals surface area contributed by atoms with Crippen LogP contribution in [-0.4, -0.2) is 218 Å². The Morgan fingerprint density at radius 3 is 0.945 bits per heavy atom. The Bertz CT molecular complexity index is 6230. The number of Topliss-reactive ketones (excluding diaryl/α,β-unsaturated/α-hetero) is 4. The third kappa shape index (κ3) is 35.7. The number of likely N-dealkylation sites (N-methyl/N-ethyl adjacent to an activating group) is 3. The molecule has 0 amide bonds. The molecule has 40 nitrogen and oxygen atoms in total. The Morgan fingerprint density at radius 1 is 0.377 bits per heavy atom. The van der Waals surface area contributed by atoms with Gasteiger partial charge >= 0.3 is 71.6 Å². The van der Waals surface area contributed by atoms with Crippen molar-refractivity contribution in [3.63, 3.8) is 0 Å². The molecule has 0 aliphatic heterocycles. The second kappa shape index (κ2) is 54.4. The number of esters is 4. The number of carboxylic acid groups (broad SMARTS) is 8. The number of carbonyl (C=O) groups is 16. The lowest BCUT2D eigenvalue weighted by Crippen LogP contribution is -2.51. The molecule has 21 N–H and O–H groups in total. The zero-order valence-electron chi connectivity index (χ0n) is 80.1. The van der Waals surface area contributed by atoms with Crippen molar-refractivity contribution in [1.29, 1.82) is 21.6 Å². The highest BCUT2D eigenvalue weighted by molar-refractivity contribution is 7.15. The molecule has 4 aromatic carbocycles. The molecule has 2 aliphatic carbocycles. The van der Waals surface area contributed by atoms with Crippen LogP contribution >= 0.6 is 45.3 Å². The van der Waals surface area contributed by atoms with Crippen molar-refractivity contribution < 1.29 is 154 Å². The van der Waals surface area contributed by atoms with Crippen LogP contribution in [-0.2, 0) is 83.7 Å². The summed E-state index contributed by atoms with van der Waals surface area (Å²) in [6.45, 7) is 8.78. The first-order chi connectivity index (χ1) is 68.5. The van der Waals surface area contributed by atoms with E-state index in [9.17, 15) is 110 Å². The van der Waals surface area contributed by atoms with Gasteiger partial charge in [0, 0.05) is 100 Å². The molecule has 0 radical (unpaired) electrons. The highest BCUT2D eigenvalue weighted by Gasteiger charge is 2.50. The van der Waals surface area contributed by atoms with E-state index >= 15 is 0 Å². The minimum absolute atomic E-state index is 0.109. The van der Waals surface area contributed by atoms with Crippen molar-refractivity contribution in [2.45, 2.75) is 186 Å². The van der Waals surface area contributed by atoms with Crippen molar-refractivity contribution in [1.82, 2.24) is 20.0 Å². The molecule has 0 bridgehead atoms. The number of halogens is 4. The second-order valence-electron chi connectivity index (χ2n) is 35.5. The van der Waals surface area contributed by atoms with Gasteiger partial charge in [-0.3, -0.25) is 99.2 Å². The predicted octanol–water partition coefficient (Wildman–Crippen LogP) is 12.6. The van der Waals surface area contributed by atoms with E-state index < -0.39 is 167 Å². The summed E-state index contributed by atoms with van der Waals surface area (Å²) >= 11 is 4.43. The first kappa shape index (κ1) is 118. The van der Waals surface area contributed by atoms with Crippen molar-refractivity contribution >= 4 is 163 Å². The van der Waals surface area contributed by atoms with Crippen molar-refractivity contribution in [3.8, 4) is 23.0 Å². The van der Waals surface area contributed by atoms with Crippen LogP contribution in [0.15, 0.2) is 121 Å². The number of hydrogen-bond acceptors (Lipinski definition) is 32. The molecule has 10 rings (SSSR count). The Kier molecular flexibility index (Phi) is 44.1. The number of nitrogens with two attached hydrogens (primary N) is 4. The molecule has 6 atom stereocenters. The van der Waals surface area contributed by atoms with E-state index in [1.165, 1.54) is 72.8 Å². The molecule has 2 aliphatic rings. The van der Waals surface area contributed by atoms with Gasteiger partial charge in [-0.2, -0.15) is 0 Å². The lowest BCUT2D eigenvalue weighted by atomic mass is 9.84. The Balaban J connectivity index is 0.000000264. The highest BCUT2D eigenvalue weighted by Crippen LogP contribution is 2.42. The number of ketones is 4. The largest absolute Gasteiger partial charge is 0.481 e. The summed E-state index contributed by atoms with van der Waals surface area (Å²) in [7, 11) is 5.17. The van der Waals surface area contributed by atoms with Gasteiger partial charge in [0.25, 0.3) is 0 Å². The number of nitrogens with zero attached hydrogens (tertiary/aromatic N) is 3. The van der Waals surface area contributed by atoms with Crippen LogP contribution in [0.5, 0.6) is 23.0 Å². The molecule has 4 aromatic heterocycles. The van der Waals surface area contributed by atoms with Crippen LogP contribution in [0.25, 0.3) is 0 Å². The maximum absolute atomic E-state index is 14.2. The summed E-state index contributed by atoms with van der Waals surface area (Å²) in [5.74, 6) is -25.2. The maximum Gasteiger partial charge on any atom is 0.353 e. The summed E-state index contributed by atoms with van der Waals surface area (Å²) in [6.07, 6.45) is 0.696. The van der Waals surface area contributed by atoms with Gasteiger partial charge in [0.2, 0.25) is 0 Å². The number of carbonyl (C=O) groups excluding carboxylic acids is 8. The SMILES string of the molecule is CC(C)C[C@@H](C(=O)C[C@@H](CC(=O)O)C(=O)O)N(C)Cc1ccc(C(=O)Oc2ccc(C(=N)N)cc2F)s1.CC(C)C[C@@H](C(=O)C[C@H](CCC(=O)O)C(=O)O)N(C)Cc1ccc(C(=O)Oc2ccc(C(=N)N)cc2F)s1.CN(Cc1ccc(C(=O)Oc2ccc(C(=N)N)cc2F)s1)C1(C(=O)C[C@@H](CC(=O)O)C(=O)O)CCCC1.N=C(N)c1ccc(OC(=O)c2ccc(CNC3(C(=O)C[C@@H](CC(=O)O)C(=O)O)CC3)s2)c(F)c1. The first-order valence-corrected chi connectivity index (χ1v) is 48.3. The van der Waals surface area contributed by atoms with E-state index in [1.54, 1.807) is 55.2 Å². The number of carboxylic acids is 8. The molecule has 0 spiro atoms. The number of nitrogen functional groups attached to an aromatic ring is 4. The number of aliphatic carboxylic acids is 8. The summed E-state index contributed by atoms with van der Waals surface area (Å²) in [6, 6.07) is 25.8. The number of benzene rings is 4. The molecule has 0 unspecified atom stereocenters. The molecular formula is C98H112F4N12O28S4. The fourth-order valence-corrected chi connectivity index (χ4v) is 19.0. The van der Waals surface area contributed by atoms with E-state index in [2.05, 4.69) is 5.32 Å². The van der Waals surface area contributed by atoms with E-state index in [-0.39, 0.29) is 175 Å². The van der Waals surface area contributed by atoms with E-state index in [0.717, 1.165) is 92.2 Å². The molecule has 0 saturated heterocycles. The van der Waals surface area contributed by atoms with Gasteiger partial charge < -0.3 is 82.7 Å². The fraction of sp³-hybridized carbons (Fsp3) is 0.388.